The van der Waals surface area contributed by atoms with E-state index in [1.54, 1.807) is 0 Å². The molecule has 0 saturated carbocycles. The molecule has 0 aliphatic rings. The summed E-state index contributed by atoms with van der Waals surface area (Å²) < 4.78 is 4.77. The lowest BCUT2D eigenvalue weighted by Crippen LogP contribution is -2.44. The smallest absolute Gasteiger partial charge is 0.330 e. The van der Waals surface area contributed by atoms with Crippen LogP contribution in [0, 0.1) is 0 Å². The Balaban J connectivity index is 0. The van der Waals surface area contributed by atoms with Crippen LogP contribution in [0.2, 0.25) is 0 Å². The average molecular weight is 509 g/mol. The lowest BCUT2D eigenvalue weighted by Gasteiger charge is -2.19. The van der Waals surface area contributed by atoms with Crippen LogP contribution in [-0.4, -0.2) is 98.3 Å². The number of rotatable bonds is 21. The van der Waals surface area contributed by atoms with Crippen molar-refractivity contribution in [1.29, 1.82) is 0 Å². The largest absolute Gasteiger partial charge is 0.460 e. The number of ketones is 1. The molecule has 1 unspecified atom stereocenters. The number of carbonyl (C=O) groups excluding carboxylic acids is 2. The average Bonchev–Trinajstić information content (AvgIpc) is 2.88. The molecule has 0 fully saturated rings. The van der Waals surface area contributed by atoms with E-state index in [4.69, 9.17) is 40.5 Å². The van der Waals surface area contributed by atoms with Crippen molar-refractivity contribution in [2.45, 2.75) is 108 Å². The Morgan fingerprint density at radius 1 is 0.771 bits per heavy atom. The molecule has 0 aromatic rings. The number of allylic oxidation sites excluding steroid dienone is 1. The van der Waals surface area contributed by atoms with E-state index in [9.17, 15) is 9.59 Å². The van der Waals surface area contributed by atoms with Crippen LogP contribution in [0.25, 0.3) is 0 Å². The van der Waals surface area contributed by atoms with Gasteiger partial charge in [-0.2, -0.15) is 0 Å². The Labute approximate surface area is 209 Å². The molecule has 0 aromatic carbocycles. The van der Waals surface area contributed by atoms with Crippen LogP contribution in [0.3, 0.4) is 0 Å². The van der Waals surface area contributed by atoms with Crippen molar-refractivity contribution in [3.8, 4) is 0 Å². The highest BCUT2D eigenvalue weighted by Crippen LogP contribution is 2.12. The summed E-state index contributed by atoms with van der Waals surface area (Å²) in [5.41, 5.74) is 0. The summed E-state index contributed by atoms with van der Waals surface area (Å²) >= 11 is 0. The number of ether oxygens (including phenoxy) is 1. The number of unbranched alkanes of at least 4 members (excludes halogenated alkanes) is 11. The first-order chi connectivity index (χ1) is 16.7. The van der Waals surface area contributed by atoms with Gasteiger partial charge in [-0.1, -0.05) is 77.2 Å². The third-order valence-corrected chi connectivity index (χ3v) is 5.25. The van der Waals surface area contributed by atoms with Crippen molar-refractivity contribution >= 4 is 11.8 Å². The highest BCUT2D eigenvalue weighted by Gasteiger charge is 2.28. The molecule has 0 spiro atoms. The summed E-state index contributed by atoms with van der Waals surface area (Å²) in [4.78, 5) is 21.8. The third kappa shape index (κ3) is 22.8. The minimum Gasteiger partial charge on any atom is -0.460 e. The van der Waals surface area contributed by atoms with Gasteiger partial charge in [0.05, 0.1) is 13.2 Å². The Kier molecular flexibility index (Phi) is 26.2. The molecule has 0 amide bonds. The normalized spacial score (nSPS) is 14.6. The number of aliphatic hydroxyl groups excluding tert-OH is 7. The molecule has 0 bridgehead atoms. The van der Waals surface area contributed by atoms with E-state index in [1.807, 2.05) is 6.08 Å². The molecule has 0 aliphatic carbocycles. The maximum atomic E-state index is 11.3. The molecule has 0 rings (SSSR count). The van der Waals surface area contributed by atoms with E-state index >= 15 is 0 Å². The maximum Gasteiger partial charge on any atom is 0.330 e. The first-order valence-corrected chi connectivity index (χ1v) is 12.7. The van der Waals surface area contributed by atoms with E-state index < -0.39 is 56.0 Å². The van der Waals surface area contributed by atoms with Gasteiger partial charge in [-0.3, -0.25) is 4.79 Å². The van der Waals surface area contributed by atoms with Crippen molar-refractivity contribution < 1.29 is 50.1 Å². The van der Waals surface area contributed by atoms with Crippen LogP contribution < -0.4 is 0 Å². The molecule has 0 saturated heterocycles. The number of esters is 1. The second-order valence-electron chi connectivity index (χ2n) is 8.50. The van der Waals surface area contributed by atoms with Crippen LogP contribution >= 0.6 is 0 Å². The number of Topliss-reactive ketones (excluding diaryl/α,β-unsaturated/α-hetero) is 1. The molecule has 0 aromatic heterocycles. The van der Waals surface area contributed by atoms with Crippen molar-refractivity contribution in [3.05, 3.63) is 12.2 Å². The highest BCUT2D eigenvalue weighted by molar-refractivity contribution is 5.84. The quantitative estimate of drug-likeness (QED) is 0.0663. The Bertz CT molecular complexity index is 526. The molecule has 0 heterocycles. The van der Waals surface area contributed by atoms with E-state index in [-0.39, 0.29) is 6.61 Å². The van der Waals surface area contributed by atoms with E-state index in [0.717, 1.165) is 12.8 Å². The Morgan fingerprint density at radius 2 is 1.29 bits per heavy atom. The fourth-order valence-corrected chi connectivity index (χ4v) is 2.99. The van der Waals surface area contributed by atoms with Crippen molar-refractivity contribution in [1.82, 2.24) is 0 Å². The first-order valence-electron chi connectivity index (χ1n) is 12.7. The lowest BCUT2D eigenvalue weighted by molar-refractivity contribution is -0.143. The van der Waals surface area contributed by atoms with Gasteiger partial charge in [0, 0.05) is 6.08 Å². The second kappa shape index (κ2) is 25.7. The summed E-state index contributed by atoms with van der Waals surface area (Å²) in [7, 11) is 0. The zero-order valence-electron chi connectivity index (χ0n) is 21.1. The maximum absolute atomic E-state index is 11.3. The Hall–Kier alpha value is -1.40. The molecule has 10 heteroatoms. The summed E-state index contributed by atoms with van der Waals surface area (Å²) in [6, 6.07) is 0. The number of carbonyl (C=O) groups is 2. The van der Waals surface area contributed by atoms with Gasteiger partial charge in [0.25, 0.3) is 0 Å². The highest BCUT2D eigenvalue weighted by atomic mass is 16.5. The lowest BCUT2D eigenvalue weighted by atomic mass is 10.1. The Morgan fingerprint density at radius 3 is 1.74 bits per heavy atom. The van der Waals surface area contributed by atoms with Crippen LogP contribution in [0.5, 0.6) is 0 Å². The third-order valence-electron chi connectivity index (χ3n) is 5.25. The molecule has 208 valence electrons. The predicted molar refractivity (Wildman–Crippen MR) is 131 cm³/mol. The van der Waals surface area contributed by atoms with Crippen molar-refractivity contribution in [2.24, 2.45) is 0 Å². The topological polar surface area (TPSA) is 185 Å². The SMILES string of the molecule is CCCCCCCCCCCCCC=CC(=O)OCC(O)CO.O=C(CO)[C@@H](O)[C@H](O)[C@H](O)CO. The van der Waals surface area contributed by atoms with Gasteiger partial charge in [-0.25, -0.2) is 4.79 Å². The van der Waals surface area contributed by atoms with Crippen LogP contribution in [0.4, 0.5) is 0 Å². The van der Waals surface area contributed by atoms with Crippen LogP contribution in [0.15, 0.2) is 12.2 Å². The molecule has 35 heavy (non-hydrogen) atoms. The zero-order valence-corrected chi connectivity index (χ0v) is 21.1. The summed E-state index contributed by atoms with van der Waals surface area (Å²) in [6.07, 6.45) is 12.4. The molecular formula is C25H48O10. The molecule has 0 radical (unpaired) electrons. The molecule has 0 aliphatic heterocycles. The first kappa shape index (κ1) is 35.8. The summed E-state index contributed by atoms with van der Waals surface area (Å²) in [5, 5.41) is 60.7. The van der Waals surface area contributed by atoms with Gasteiger partial charge in [-0.15, -0.1) is 0 Å². The van der Waals surface area contributed by atoms with Gasteiger partial charge in [0.2, 0.25) is 0 Å². The van der Waals surface area contributed by atoms with Gasteiger partial charge >= 0.3 is 5.97 Å². The van der Waals surface area contributed by atoms with Gasteiger partial charge in [0.15, 0.2) is 5.78 Å². The van der Waals surface area contributed by atoms with Gasteiger partial charge < -0.3 is 40.5 Å². The molecule has 4 atom stereocenters. The van der Waals surface area contributed by atoms with E-state index in [2.05, 4.69) is 6.92 Å². The minimum absolute atomic E-state index is 0.155. The van der Waals surface area contributed by atoms with Crippen molar-refractivity contribution in [2.75, 3.05) is 26.4 Å². The molecule has 10 nitrogen and oxygen atoms in total. The minimum atomic E-state index is -1.86. The summed E-state index contributed by atoms with van der Waals surface area (Å²) in [5.74, 6) is -1.46. The second-order valence-corrected chi connectivity index (χ2v) is 8.50. The van der Waals surface area contributed by atoms with E-state index in [1.165, 1.54) is 70.3 Å². The van der Waals surface area contributed by atoms with Crippen molar-refractivity contribution in [3.63, 3.8) is 0 Å². The standard InChI is InChI=1S/C19H36O4.C6H12O6/c1-2-3-4-5-6-7-8-9-10-11-12-13-14-15-19(22)23-17-18(21)16-20;7-1-3(9)5(11)6(12)4(10)2-8/h14-15,18,20-21H,2-13,16-17H2,1H3;3,5-9,11-12H,1-2H2/t;3-,5-,6-/m.1/s1. The zero-order chi connectivity index (χ0) is 26.9. The summed E-state index contributed by atoms with van der Waals surface area (Å²) in [6.45, 7) is 0.0149. The number of hydrogen-bond acceptors (Lipinski definition) is 10. The fraction of sp³-hybridized carbons (Fsp3) is 0.840. The number of hydrogen-bond donors (Lipinski definition) is 7. The molecule has 7 N–H and O–H groups in total. The van der Waals surface area contributed by atoms with Gasteiger partial charge in [0.1, 0.15) is 37.6 Å². The van der Waals surface area contributed by atoms with Gasteiger partial charge in [-0.05, 0) is 12.8 Å². The number of aliphatic hydroxyl groups is 7. The van der Waals surface area contributed by atoms with E-state index in [0.29, 0.717) is 0 Å². The predicted octanol–water partition coefficient (Wildman–Crippen LogP) is 0.763. The monoisotopic (exact) mass is 508 g/mol. The van der Waals surface area contributed by atoms with Crippen LogP contribution in [-0.2, 0) is 14.3 Å². The molecular weight excluding hydrogens is 460 g/mol. The van der Waals surface area contributed by atoms with Crippen LogP contribution in [0.1, 0.15) is 84.0 Å². The fourth-order valence-electron chi connectivity index (χ4n) is 2.99.